The molecule has 0 unspecified atom stereocenters. The summed E-state index contributed by atoms with van der Waals surface area (Å²) in [6.07, 6.45) is 3.19. The molecule has 2 rings (SSSR count). The van der Waals surface area contributed by atoms with Crippen LogP contribution in [0.5, 0.6) is 0 Å². The predicted octanol–water partition coefficient (Wildman–Crippen LogP) is 0.0387. The van der Waals surface area contributed by atoms with Crippen LogP contribution in [0, 0.1) is 5.92 Å². The average molecular weight is 253 g/mol. The Labute approximate surface area is 105 Å². The first-order valence-corrected chi connectivity index (χ1v) is 6.31. The number of aromatic nitrogens is 2. The van der Waals surface area contributed by atoms with Gasteiger partial charge >= 0.3 is 5.69 Å². The van der Waals surface area contributed by atoms with Crippen LogP contribution in [0.1, 0.15) is 19.8 Å². The summed E-state index contributed by atoms with van der Waals surface area (Å²) >= 11 is 0. The number of hydrogen-bond acceptors (Lipinski definition) is 4. The lowest BCUT2D eigenvalue weighted by molar-refractivity contribution is 0.0604. The van der Waals surface area contributed by atoms with Crippen LogP contribution in [-0.4, -0.2) is 22.3 Å². The molecule has 18 heavy (non-hydrogen) atoms. The summed E-state index contributed by atoms with van der Waals surface area (Å²) < 4.78 is 8.00. The van der Waals surface area contributed by atoms with Gasteiger partial charge in [0.1, 0.15) is 5.69 Å². The number of nitrogen functional groups attached to an aromatic ring is 1. The monoisotopic (exact) mass is 253 g/mol. The predicted molar refractivity (Wildman–Crippen MR) is 68.6 cm³/mol. The highest BCUT2D eigenvalue weighted by Crippen LogP contribution is 2.15. The van der Waals surface area contributed by atoms with Gasteiger partial charge in [0.25, 0.3) is 5.56 Å². The molecule has 0 spiro atoms. The van der Waals surface area contributed by atoms with Crippen LogP contribution in [0.15, 0.2) is 15.8 Å². The molecule has 1 aromatic rings. The van der Waals surface area contributed by atoms with E-state index in [2.05, 4.69) is 0 Å². The van der Waals surface area contributed by atoms with Gasteiger partial charge in [-0.1, -0.05) is 0 Å². The van der Waals surface area contributed by atoms with E-state index in [0.717, 1.165) is 12.8 Å². The number of nitrogens with two attached hydrogens (primary N) is 1. The van der Waals surface area contributed by atoms with E-state index in [1.165, 1.54) is 15.3 Å². The van der Waals surface area contributed by atoms with Crippen molar-refractivity contribution in [2.24, 2.45) is 5.92 Å². The molecule has 0 amide bonds. The number of nitrogens with zero attached hydrogens (tertiary/aromatic N) is 2. The molecule has 0 radical (unpaired) electrons. The van der Waals surface area contributed by atoms with Crippen LogP contribution in [0.25, 0.3) is 0 Å². The van der Waals surface area contributed by atoms with E-state index in [1.807, 2.05) is 6.92 Å². The van der Waals surface area contributed by atoms with E-state index in [9.17, 15) is 9.59 Å². The normalized spacial score (nSPS) is 16.9. The van der Waals surface area contributed by atoms with Crippen molar-refractivity contribution in [1.82, 2.24) is 9.13 Å². The molecule has 6 heteroatoms. The molecule has 0 aliphatic carbocycles. The van der Waals surface area contributed by atoms with Gasteiger partial charge in [-0.15, -0.1) is 0 Å². The second-order valence-corrected chi connectivity index (χ2v) is 4.62. The molecule has 2 heterocycles. The minimum atomic E-state index is -0.379. The highest BCUT2D eigenvalue weighted by molar-refractivity contribution is 5.30. The van der Waals surface area contributed by atoms with E-state index in [0.29, 0.717) is 32.2 Å². The first-order chi connectivity index (χ1) is 8.63. The lowest BCUT2D eigenvalue weighted by Crippen LogP contribution is -2.42. The molecule has 2 N–H and O–H groups in total. The van der Waals surface area contributed by atoms with E-state index in [4.69, 9.17) is 10.5 Å². The Morgan fingerprint density at radius 3 is 2.67 bits per heavy atom. The van der Waals surface area contributed by atoms with Crippen molar-refractivity contribution in [3.8, 4) is 0 Å². The topological polar surface area (TPSA) is 79.2 Å². The van der Waals surface area contributed by atoms with Gasteiger partial charge in [0, 0.05) is 32.5 Å². The van der Waals surface area contributed by atoms with E-state index >= 15 is 0 Å². The smallest absolute Gasteiger partial charge is 0.331 e. The Balaban J connectivity index is 2.34. The van der Waals surface area contributed by atoms with Crippen molar-refractivity contribution in [3.63, 3.8) is 0 Å². The summed E-state index contributed by atoms with van der Waals surface area (Å²) in [6, 6.07) is 0. The van der Waals surface area contributed by atoms with E-state index in [-0.39, 0.29) is 16.9 Å². The Morgan fingerprint density at radius 2 is 2.06 bits per heavy atom. The van der Waals surface area contributed by atoms with Gasteiger partial charge in [0.2, 0.25) is 0 Å². The summed E-state index contributed by atoms with van der Waals surface area (Å²) in [6.45, 7) is 4.20. The number of ether oxygens (including phenoxy) is 1. The molecule has 100 valence electrons. The van der Waals surface area contributed by atoms with Gasteiger partial charge in [-0.05, 0) is 25.7 Å². The van der Waals surface area contributed by atoms with Crippen molar-refractivity contribution in [2.45, 2.75) is 32.9 Å². The lowest BCUT2D eigenvalue weighted by Gasteiger charge is -2.22. The van der Waals surface area contributed by atoms with Crippen LogP contribution in [0.4, 0.5) is 5.69 Å². The number of aryl methyl sites for hydroxylation is 1. The van der Waals surface area contributed by atoms with Crippen molar-refractivity contribution in [3.05, 3.63) is 27.0 Å². The number of hydrogen-bond donors (Lipinski definition) is 1. The SMILES string of the molecule is CCn1cc(N)c(=O)n(CC2CCOCC2)c1=O. The van der Waals surface area contributed by atoms with Gasteiger partial charge in [-0.2, -0.15) is 0 Å². The Morgan fingerprint density at radius 1 is 1.39 bits per heavy atom. The molecule has 0 saturated carbocycles. The zero-order valence-electron chi connectivity index (χ0n) is 10.6. The first-order valence-electron chi connectivity index (χ1n) is 6.31. The molecular formula is C12H19N3O3. The second-order valence-electron chi connectivity index (χ2n) is 4.62. The molecule has 1 aromatic heterocycles. The van der Waals surface area contributed by atoms with Crippen molar-refractivity contribution < 1.29 is 4.74 Å². The van der Waals surface area contributed by atoms with Crippen molar-refractivity contribution >= 4 is 5.69 Å². The molecule has 6 nitrogen and oxygen atoms in total. The maximum absolute atomic E-state index is 12.1. The van der Waals surface area contributed by atoms with Gasteiger partial charge in [-0.25, -0.2) is 4.79 Å². The maximum Gasteiger partial charge on any atom is 0.331 e. The van der Waals surface area contributed by atoms with Crippen LogP contribution < -0.4 is 17.0 Å². The fourth-order valence-electron chi connectivity index (χ4n) is 2.25. The third kappa shape index (κ3) is 2.48. The van der Waals surface area contributed by atoms with Crippen LogP contribution in [0.3, 0.4) is 0 Å². The zero-order valence-corrected chi connectivity index (χ0v) is 10.6. The fraction of sp³-hybridized carbons (Fsp3) is 0.667. The molecule has 1 aliphatic heterocycles. The van der Waals surface area contributed by atoms with E-state index in [1.54, 1.807) is 0 Å². The fourth-order valence-corrected chi connectivity index (χ4v) is 2.25. The molecule has 1 fully saturated rings. The van der Waals surface area contributed by atoms with Crippen LogP contribution in [-0.2, 0) is 17.8 Å². The Kier molecular flexibility index (Phi) is 3.86. The summed E-state index contributed by atoms with van der Waals surface area (Å²) in [5, 5.41) is 0. The minimum absolute atomic E-state index is 0.128. The van der Waals surface area contributed by atoms with Gasteiger partial charge < -0.3 is 10.5 Å². The molecular weight excluding hydrogens is 234 g/mol. The highest BCUT2D eigenvalue weighted by atomic mass is 16.5. The average Bonchev–Trinajstić information content (AvgIpc) is 2.40. The zero-order chi connectivity index (χ0) is 13.1. The van der Waals surface area contributed by atoms with Crippen molar-refractivity contribution in [2.75, 3.05) is 18.9 Å². The Hall–Kier alpha value is -1.56. The van der Waals surface area contributed by atoms with Crippen LogP contribution >= 0.6 is 0 Å². The summed E-state index contributed by atoms with van der Waals surface area (Å²) in [5.41, 5.74) is 5.13. The van der Waals surface area contributed by atoms with Crippen LogP contribution in [0.2, 0.25) is 0 Å². The summed E-state index contributed by atoms with van der Waals surface area (Å²) in [5.74, 6) is 0.316. The third-order valence-corrected chi connectivity index (χ3v) is 3.39. The highest BCUT2D eigenvalue weighted by Gasteiger charge is 2.17. The number of rotatable bonds is 3. The van der Waals surface area contributed by atoms with Gasteiger partial charge in [0.05, 0.1) is 0 Å². The number of anilines is 1. The first kappa shape index (κ1) is 12.9. The third-order valence-electron chi connectivity index (χ3n) is 3.39. The quantitative estimate of drug-likeness (QED) is 0.824. The van der Waals surface area contributed by atoms with Gasteiger partial charge in [-0.3, -0.25) is 13.9 Å². The minimum Gasteiger partial charge on any atom is -0.393 e. The summed E-state index contributed by atoms with van der Waals surface area (Å²) in [7, 11) is 0. The van der Waals surface area contributed by atoms with E-state index < -0.39 is 0 Å². The largest absolute Gasteiger partial charge is 0.393 e. The molecule has 0 aromatic carbocycles. The maximum atomic E-state index is 12.1. The standard InChI is InChI=1S/C12H19N3O3/c1-2-14-8-10(13)11(16)15(12(14)17)7-9-3-5-18-6-4-9/h8-9H,2-7,13H2,1H3. The lowest BCUT2D eigenvalue weighted by atomic mass is 10.0. The second kappa shape index (κ2) is 5.39. The molecule has 0 atom stereocenters. The molecule has 0 bridgehead atoms. The molecule has 1 saturated heterocycles. The molecule has 1 aliphatic rings. The Bertz CT molecular complexity index is 526. The van der Waals surface area contributed by atoms with Crippen molar-refractivity contribution in [1.29, 1.82) is 0 Å². The summed E-state index contributed by atoms with van der Waals surface area (Å²) in [4.78, 5) is 24.0. The van der Waals surface area contributed by atoms with Gasteiger partial charge in [0.15, 0.2) is 0 Å².